The number of hydrogen-bond acceptors (Lipinski definition) is 7. The summed E-state index contributed by atoms with van der Waals surface area (Å²) in [4.78, 5) is 37.7. The van der Waals surface area contributed by atoms with Gasteiger partial charge in [-0.15, -0.1) is 0 Å². The molecule has 35 heavy (non-hydrogen) atoms. The molecular weight excluding hydrogens is 450 g/mol. The summed E-state index contributed by atoms with van der Waals surface area (Å²) in [6.07, 6.45) is 0.760. The van der Waals surface area contributed by atoms with Gasteiger partial charge in [0.15, 0.2) is 23.9 Å². The fourth-order valence-corrected chi connectivity index (χ4v) is 3.33. The molecule has 0 aromatic heterocycles. The van der Waals surface area contributed by atoms with Crippen molar-refractivity contribution < 1.29 is 33.3 Å². The molecule has 0 atom stereocenters. The van der Waals surface area contributed by atoms with E-state index in [-0.39, 0.29) is 17.9 Å². The number of rotatable bonds is 11. The number of hydrogen-bond donors (Lipinski definition) is 1. The first-order valence-corrected chi connectivity index (χ1v) is 10.9. The van der Waals surface area contributed by atoms with Crippen molar-refractivity contribution in [2.45, 2.75) is 12.8 Å². The number of anilines is 1. The third-order valence-corrected chi connectivity index (χ3v) is 5.26. The fourth-order valence-electron chi connectivity index (χ4n) is 3.33. The number of carbonyl (C=O) groups is 3. The molecule has 1 N–H and O–H groups in total. The Hall–Kier alpha value is -4.33. The van der Waals surface area contributed by atoms with Crippen LogP contribution in [-0.4, -0.2) is 45.6 Å². The minimum atomic E-state index is -0.718. The van der Waals surface area contributed by atoms with Crippen LogP contribution in [0.1, 0.15) is 32.7 Å². The maximum atomic E-state index is 12.7. The number of esters is 1. The molecule has 8 heteroatoms. The minimum absolute atomic E-state index is 0.158. The highest BCUT2D eigenvalue weighted by atomic mass is 16.5. The molecule has 0 aliphatic heterocycles. The number of para-hydroxylation sites is 1. The van der Waals surface area contributed by atoms with E-state index in [1.165, 1.54) is 26.4 Å². The maximum Gasteiger partial charge on any atom is 0.340 e. The first-order valence-electron chi connectivity index (χ1n) is 10.9. The van der Waals surface area contributed by atoms with E-state index in [0.29, 0.717) is 29.2 Å². The zero-order valence-corrected chi connectivity index (χ0v) is 19.8. The molecule has 0 saturated carbocycles. The van der Waals surface area contributed by atoms with E-state index in [1.807, 2.05) is 24.3 Å². The van der Waals surface area contributed by atoms with Crippen LogP contribution >= 0.6 is 0 Å². The number of nitrogens with one attached hydrogen (secondary N) is 1. The van der Waals surface area contributed by atoms with Crippen molar-refractivity contribution in [3.63, 3.8) is 0 Å². The summed E-state index contributed by atoms with van der Waals surface area (Å²) >= 11 is 0. The average Bonchev–Trinajstić information content (AvgIpc) is 2.90. The van der Waals surface area contributed by atoms with Crippen molar-refractivity contribution in [1.82, 2.24) is 0 Å². The van der Waals surface area contributed by atoms with Crippen LogP contribution in [0.15, 0.2) is 66.7 Å². The fraction of sp³-hybridized carbons (Fsp3) is 0.222. The Morgan fingerprint density at radius 2 is 1.51 bits per heavy atom. The van der Waals surface area contributed by atoms with Gasteiger partial charge in [-0.25, -0.2) is 4.79 Å². The van der Waals surface area contributed by atoms with Crippen LogP contribution in [0.25, 0.3) is 0 Å². The number of ketones is 1. The van der Waals surface area contributed by atoms with Crippen molar-refractivity contribution in [2.24, 2.45) is 0 Å². The van der Waals surface area contributed by atoms with Gasteiger partial charge in [-0.05, 0) is 54.4 Å². The summed E-state index contributed by atoms with van der Waals surface area (Å²) in [6.45, 7) is -0.464. The smallest absolute Gasteiger partial charge is 0.340 e. The van der Waals surface area contributed by atoms with Gasteiger partial charge in [0, 0.05) is 12.0 Å². The van der Waals surface area contributed by atoms with Gasteiger partial charge in [-0.2, -0.15) is 0 Å². The predicted molar refractivity (Wildman–Crippen MR) is 131 cm³/mol. The second-order valence-corrected chi connectivity index (χ2v) is 7.51. The monoisotopic (exact) mass is 477 g/mol. The van der Waals surface area contributed by atoms with Crippen molar-refractivity contribution in [3.8, 4) is 17.2 Å². The zero-order valence-electron chi connectivity index (χ0n) is 19.8. The lowest BCUT2D eigenvalue weighted by atomic mass is 10.1. The molecule has 0 unspecified atom stereocenters. The molecule has 0 heterocycles. The summed E-state index contributed by atoms with van der Waals surface area (Å²) in [6, 6.07) is 18.6. The Bertz CT molecular complexity index is 1190. The maximum absolute atomic E-state index is 12.7. The number of carbonyl (C=O) groups excluding carboxylic acids is 3. The van der Waals surface area contributed by atoms with Crippen LogP contribution in [-0.2, 0) is 16.0 Å². The Kier molecular flexibility index (Phi) is 8.83. The summed E-state index contributed by atoms with van der Waals surface area (Å²) in [5, 5.41) is 2.75. The molecule has 0 aliphatic rings. The van der Waals surface area contributed by atoms with Gasteiger partial charge < -0.3 is 24.3 Å². The highest BCUT2D eigenvalue weighted by Gasteiger charge is 2.17. The van der Waals surface area contributed by atoms with Crippen LogP contribution in [0.3, 0.4) is 0 Å². The standard InChI is InChI=1S/C27H27NO7/c1-32-20-12-8-18(9-13-20)10-15-26(30)28-22-7-5-4-6-21(22)27(31)35-17-23(29)19-11-14-24(33-2)25(16-19)34-3/h4-9,11-14,16H,10,15,17H2,1-3H3,(H,28,30). The lowest BCUT2D eigenvalue weighted by Gasteiger charge is -2.12. The van der Waals surface area contributed by atoms with Crippen LogP contribution < -0.4 is 19.5 Å². The van der Waals surface area contributed by atoms with E-state index in [9.17, 15) is 14.4 Å². The molecule has 0 fully saturated rings. The van der Waals surface area contributed by atoms with Gasteiger partial charge in [0.1, 0.15) is 5.75 Å². The van der Waals surface area contributed by atoms with Gasteiger partial charge in [0.25, 0.3) is 0 Å². The van der Waals surface area contributed by atoms with Gasteiger partial charge >= 0.3 is 5.97 Å². The normalized spacial score (nSPS) is 10.3. The summed E-state index contributed by atoms with van der Waals surface area (Å²) in [5.41, 5.74) is 1.78. The van der Waals surface area contributed by atoms with Crippen molar-refractivity contribution in [3.05, 3.63) is 83.4 Å². The first kappa shape index (κ1) is 25.3. The van der Waals surface area contributed by atoms with Crippen molar-refractivity contribution in [1.29, 1.82) is 0 Å². The van der Waals surface area contributed by atoms with E-state index in [2.05, 4.69) is 5.32 Å². The average molecular weight is 478 g/mol. The number of aryl methyl sites for hydroxylation is 1. The summed E-state index contributed by atoms with van der Waals surface area (Å²) < 4.78 is 20.7. The van der Waals surface area contributed by atoms with Gasteiger partial charge in [-0.1, -0.05) is 24.3 Å². The predicted octanol–water partition coefficient (Wildman–Crippen LogP) is 4.32. The number of amides is 1. The second kappa shape index (κ2) is 12.2. The first-order chi connectivity index (χ1) is 16.9. The number of methoxy groups -OCH3 is 3. The van der Waals surface area contributed by atoms with Gasteiger partial charge in [0.2, 0.25) is 5.91 Å². The summed E-state index contributed by atoms with van der Waals surface area (Å²) in [5.74, 6) is 0.257. The molecular formula is C27H27NO7. The van der Waals surface area contributed by atoms with E-state index >= 15 is 0 Å². The lowest BCUT2D eigenvalue weighted by Crippen LogP contribution is -2.18. The largest absolute Gasteiger partial charge is 0.497 e. The summed E-state index contributed by atoms with van der Waals surface area (Å²) in [7, 11) is 4.56. The molecule has 182 valence electrons. The van der Waals surface area contributed by atoms with Crippen LogP contribution in [0, 0.1) is 0 Å². The van der Waals surface area contributed by atoms with E-state index in [4.69, 9.17) is 18.9 Å². The lowest BCUT2D eigenvalue weighted by molar-refractivity contribution is -0.116. The quantitative estimate of drug-likeness (QED) is 0.324. The van der Waals surface area contributed by atoms with Crippen molar-refractivity contribution >= 4 is 23.3 Å². The molecule has 3 rings (SSSR count). The van der Waals surface area contributed by atoms with E-state index in [1.54, 1.807) is 37.4 Å². The van der Waals surface area contributed by atoms with Crippen molar-refractivity contribution in [2.75, 3.05) is 33.3 Å². The van der Waals surface area contributed by atoms with Crippen LogP contribution in [0.4, 0.5) is 5.69 Å². The second-order valence-electron chi connectivity index (χ2n) is 7.51. The molecule has 3 aromatic rings. The van der Waals surface area contributed by atoms with Crippen LogP contribution in [0.5, 0.6) is 17.2 Å². The topological polar surface area (TPSA) is 100 Å². The zero-order chi connectivity index (χ0) is 25.2. The number of ether oxygens (including phenoxy) is 4. The molecule has 0 radical (unpaired) electrons. The Morgan fingerprint density at radius 1 is 0.800 bits per heavy atom. The van der Waals surface area contributed by atoms with Gasteiger partial charge in [-0.3, -0.25) is 9.59 Å². The molecule has 8 nitrogen and oxygen atoms in total. The highest BCUT2D eigenvalue weighted by Crippen LogP contribution is 2.27. The molecule has 3 aromatic carbocycles. The highest BCUT2D eigenvalue weighted by molar-refractivity contribution is 6.03. The van der Waals surface area contributed by atoms with E-state index in [0.717, 1.165) is 11.3 Å². The minimum Gasteiger partial charge on any atom is -0.497 e. The third-order valence-electron chi connectivity index (χ3n) is 5.26. The molecule has 1 amide bonds. The van der Waals surface area contributed by atoms with E-state index < -0.39 is 18.4 Å². The Morgan fingerprint density at radius 3 is 2.20 bits per heavy atom. The van der Waals surface area contributed by atoms with Crippen LogP contribution in [0.2, 0.25) is 0 Å². The number of Topliss-reactive ketones (excluding diaryl/α,β-unsaturated/α-hetero) is 1. The molecule has 0 spiro atoms. The Labute approximate surface area is 203 Å². The van der Waals surface area contributed by atoms with Gasteiger partial charge in [0.05, 0.1) is 32.6 Å². The molecule has 0 aliphatic carbocycles. The number of benzene rings is 3. The molecule has 0 bridgehead atoms. The SMILES string of the molecule is COc1ccc(CCC(=O)Nc2ccccc2C(=O)OCC(=O)c2ccc(OC)c(OC)c2)cc1. The third kappa shape index (κ3) is 6.83. The Balaban J connectivity index is 1.58. The molecule has 0 saturated heterocycles.